The summed E-state index contributed by atoms with van der Waals surface area (Å²) in [4.78, 5) is 24.4. The van der Waals surface area contributed by atoms with Crippen molar-refractivity contribution in [1.29, 1.82) is 0 Å². The summed E-state index contributed by atoms with van der Waals surface area (Å²) in [5.41, 5.74) is 4.36. The number of aromatic nitrogens is 1. The van der Waals surface area contributed by atoms with Gasteiger partial charge in [-0.15, -0.1) is 0 Å². The summed E-state index contributed by atoms with van der Waals surface area (Å²) in [6.07, 6.45) is 0.824. The molecule has 0 spiro atoms. The highest BCUT2D eigenvalue weighted by molar-refractivity contribution is 6.03. The van der Waals surface area contributed by atoms with Crippen molar-refractivity contribution in [2.24, 2.45) is 7.05 Å². The number of anilines is 1. The van der Waals surface area contributed by atoms with Gasteiger partial charge >= 0.3 is 5.97 Å². The fourth-order valence-corrected chi connectivity index (χ4v) is 3.39. The Labute approximate surface area is 152 Å². The fraction of sp³-hybridized carbons (Fsp3) is 0.238. The molecule has 3 rings (SSSR count). The number of carboxylic acids is 1. The molecule has 1 amide bonds. The third-order valence-corrected chi connectivity index (χ3v) is 4.67. The average Bonchev–Trinajstić information content (AvgIpc) is 2.86. The molecule has 134 valence electrons. The van der Waals surface area contributed by atoms with Crippen LogP contribution < -0.4 is 5.32 Å². The average molecular weight is 350 g/mol. The minimum absolute atomic E-state index is 0.0144. The van der Waals surface area contributed by atoms with Crippen molar-refractivity contribution in [3.05, 3.63) is 64.8 Å². The van der Waals surface area contributed by atoms with Gasteiger partial charge in [-0.3, -0.25) is 4.79 Å². The first-order chi connectivity index (χ1) is 12.4. The van der Waals surface area contributed by atoms with Gasteiger partial charge in [-0.25, -0.2) is 4.79 Å². The number of nitrogens with zero attached hydrogens (tertiary/aromatic N) is 1. The number of benzene rings is 2. The van der Waals surface area contributed by atoms with E-state index in [2.05, 4.69) is 5.32 Å². The predicted octanol–water partition coefficient (Wildman–Crippen LogP) is 3.93. The lowest BCUT2D eigenvalue weighted by Gasteiger charge is -2.10. The molecule has 0 bridgehead atoms. The highest BCUT2D eigenvalue weighted by Crippen LogP contribution is 2.27. The molecule has 0 radical (unpaired) electrons. The van der Waals surface area contributed by atoms with Crippen LogP contribution in [0.2, 0.25) is 0 Å². The van der Waals surface area contributed by atoms with Gasteiger partial charge in [-0.1, -0.05) is 36.8 Å². The summed E-state index contributed by atoms with van der Waals surface area (Å²) in [6.45, 7) is 3.98. The van der Waals surface area contributed by atoms with Crippen LogP contribution in [0.1, 0.15) is 34.1 Å². The number of aryl methyl sites for hydroxylation is 3. The number of carboxylic acid groups (broad SMARTS) is 1. The van der Waals surface area contributed by atoms with Gasteiger partial charge in [-0.05, 0) is 37.1 Å². The molecule has 0 aliphatic carbocycles. The van der Waals surface area contributed by atoms with Crippen molar-refractivity contribution < 1.29 is 14.7 Å². The Kier molecular flexibility index (Phi) is 4.80. The molecule has 1 aromatic heterocycles. The van der Waals surface area contributed by atoms with E-state index in [1.165, 1.54) is 0 Å². The minimum atomic E-state index is -1.03. The monoisotopic (exact) mass is 350 g/mol. The van der Waals surface area contributed by atoms with Crippen LogP contribution in [0.25, 0.3) is 10.9 Å². The molecular formula is C21H22N2O3. The van der Waals surface area contributed by atoms with Crippen LogP contribution in [0, 0.1) is 6.92 Å². The molecule has 0 aliphatic heterocycles. The quantitative estimate of drug-likeness (QED) is 0.732. The number of aromatic carboxylic acids is 1. The lowest BCUT2D eigenvalue weighted by Crippen LogP contribution is -2.17. The van der Waals surface area contributed by atoms with Crippen LogP contribution in [0.5, 0.6) is 0 Å². The Morgan fingerprint density at radius 2 is 1.88 bits per heavy atom. The zero-order valence-corrected chi connectivity index (χ0v) is 15.2. The molecule has 0 saturated heterocycles. The molecule has 2 N–H and O–H groups in total. The number of hydrogen-bond acceptors (Lipinski definition) is 2. The maximum absolute atomic E-state index is 12.6. The molecule has 0 fully saturated rings. The summed E-state index contributed by atoms with van der Waals surface area (Å²) in [7, 11) is 1.72. The first kappa shape index (κ1) is 17.7. The van der Waals surface area contributed by atoms with Crippen molar-refractivity contribution in [3.8, 4) is 0 Å². The van der Waals surface area contributed by atoms with Crippen LogP contribution in [0.3, 0.4) is 0 Å². The van der Waals surface area contributed by atoms with Crippen molar-refractivity contribution in [2.45, 2.75) is 26.7 Å². The van der Waals surface area contributed by atoms with Crippen LogP contribution >= 0.6 is 0 Å². The van der Waals surface area contributed by atoms with Crippen LogP contribution in [-0.2, 0) is 24.7 Å². The van der Waals surface area contributed by atoms with E-state index in [4.69, 9.17) is 0 Å². The smallest absolute Gasteiger partial charge is 0.352 e. The largest absolute Gasteiger partial charge is 0.477 e. The van der Waals surface area contributed by atoms with Gasteiger partial charge < -0.3 is 15.0 Å². The summed E-state index contributed by atoms with van der Waals surface area (Å²) in [5, 5.41) is 13.4. The van der Waals surface area contributed by atoms with E-state index in [1.807, 2.05) is 56.3 Å². The van der Waals surface area contributed by atoms with E-state index in [1.54, 1.807) is 11.6 Å². The first-order valence-electron chi connectivity index (χ1n) is 8.61. The number of carbonyl (C=O) groups excluding carboxylic acids is 1. The third kappa shape index (κ3) is 3.20. The molecule has 5 heteroatoms. The molecule has 0 saturated carbocycles. The number of amides is 1. The van der Waals surface area contributed by atoms with Crippen molar-refractivity contribution in [3.63, 3.8) is 0 Å². The standard InChI is InChI=1S/C21H22N2O3/c1-4-14-7-5-6-8-17(14)22-19(24)12-16-15-11-13(2)9-10-18(15)23(3)20(16)21(25)26/h5-11H,4,12H2,1-3H3,(H,22,24)(H,25,26). The third-order valence-electron chi connectivity index (χ3n) is 4.67. The molecular weight excluding hydrogens is 328 g/mol. The van der Waals surface area contributed by atoms with Gasteiger partial charge in [-0.2, -0.15) is 0 Å². The molecule has 3 aromatic rings. The van der Waals surface area contributed by atoms with Crippen molar-refractivity contribution in [1.82, 2.24) is 4.57 Å². The Balaban J connectivity index is 2.00. The maximum Gasteiger partial charge on any atom is 0.352 e. The van der Waals surface area contributed by atoms with E-state index < -0.39 is 5.97 Å². The first-order valence-corrected chi connectivity index (χ1v) is 8.61. The van der Waals surface area contributed by atoms with Gasteiger partial charge in [0.15, 0.2) is 0 Å². The highest BCUT2D eigenvalue weighted by atomic mass is 16.4. The van der Waals surface area contributed by atoms with E-state index in [9.17, 15) is 14.7 Å². The van der Waals surface area contributed by atoms with Gasteiger partial charge in [0, 0.05) is 29.2 Å². The Bertz CT molecular complexity index is 1000. The van der Waals surface area contributed by atoms with Crippen LogP contribution in [0.4, 0.5) is 5.69 Å². The van der Waals surface area contributed by atoms with Crippen LogP contribution in [-0.4, -0.2) is 21.6 Å². The predicted molar refractivity (Wildman–Crippen MR) is 103 cm³/mol. The van der Waals surface area contributed by atoms with Gasteiger partial charge in [0.25, 0.3) is 0 Å². The second kappa shape index (κ2) is 7.04. The fourth-order valence-electron chi connectivity index (χ4n) is 3.39. The summed E-state index contributed by atoms with van der Waals surface area (Å²) >= 11 is 0. The number of rotatable bonds is 5. The minimum Gasteiger partial charge on any atom is -0.477 e. The zero-order chi connectivity index (χ0) is 18.8. The Hall–Kier alpha value is -3.08. The summed E-state index contributed by atoms with van der Waals surface area (Å²) in [5.74, 6) is -1.25. The second-order valence-corrected chi connectivity index (χ2v) is 6.45. The highest BCUT2D eigenvalue weighted by Gasteiger charge is 2.22. The Morgan fingerprint density at radius 3 is 2.58 bits per heavy atom. The van der Waals surface area contributed by atoms with E-state index in [0.717, 1.165) is 34.1 Å². The van der Waals surface area contributed by atoms with Gasteiger partial charge in [0.05, 0.1) is 6.42 Å². The summed E-state index contributed by atoms with van der Waals surface area (Å²) in [6, 6.07) is 13.4. The SMILES string of the molecule is CCc1ccccc1NC(=O)Cc1c(C(=O)O)n(C)c2ccc(C)cc12. The molecule has 5 nitrogen and oxygen atoms in total. The second-order valence-electron chi connectivity index (χ2n) is 6.45. The lowest BCUT2D eigenvalue weighted by atomic mass is 10.0. The van der Waals surface area contributed by atoms with Gasteiger partial charge in [0.2, 0.25) is 5.91 Å². The molecule has 0 unspecified atom stereocenters. The number of nitrogens with one attached hydrogen (secondary N) is 1. The van der Waals surface area contributed by atoms with E-state index in [0.29, 0.717) is 5.56 Å². The number of fused-ring (bicyclic) bond motifs is 1. The molecule has 0 aliphatic rings. The Morgan fingerprint density at radius 1 is 1.15 bits per heavy atom. The molecule has 0 atom stereocenters. The number of para-hydroxylation sites is 1. The number of hydrogen-bond donors (Lipinski definition) is 2. The van der Waals surface area contributed by atoms with Crippen LogP contribution in [0.15, 0.2) is 42.5 Å². The molecule has 1 heterocycles. The van der Waals surface area contributed by atoms with Crippen molar-refractivity contribution in [2.75, 3.05) is 5.32 Å². The number of carbonyl (C=O) groups is 2. The van der Waals surface area contributed by atoms with Gasteiger partial charge in [0.1, 0.15) is 5.69 Å². The summed E-state index contributed by atoms with van der Waals surface area (Å²) < 4.78 is 1.64. The zero-order valence-electron chi connectivity index (χ0n) is 15.2. The molecule has 26 heavy (non-hydrogen) atoms. The normalized spacial score (nSPS) is 10.9. The topological polar surface area (TPSA) is 71.3 Å². The molecule has 2 aromatic carbocycles. The van der Waals surface area contributed by atoms with E-state index in [-0.39, 0.29) is 18.0 Å². The van der Waals surface area contributed by atoms with E-state index >= 15 is 0 Å². The lowest BCUT2D eigenvalue weighted by molar-refractivity contribution is -0.115. The maximum atomic E-state index is 12.6. The van der Waals surface area contributed by atoms with Crippen molar-refractivity contribution >= 4 is 28.5 Å².